The monoisotopic (exact) mass is 519 g/mol. The molecular weight excluding hydrogens is 490 g/mol. The fourth-order valence-corrected chi connectivity index (χ4v) is 6.62. The zero-order valence-electron chi connectivity index (χ0n) is 19.9. The second-order valence-corrected chi connectivity index (χ2v) is 11.5. The largest absolute Gasteiger partial charge is 0.341 e. The van der Waals surface area contributed by atoms with Crippen LogP contribution in [-0.4, -0.2) is 78.4 Å². The number of carbonyl (C=O) groups excluding carboxylic acids is 3. The van der Waals surface area contributed by atoms with Gasteiger partial charge in [-0.05, 0) is 61.2 Å². The fourth-order valence-electron chi connectivity index (χ4n) is 4.81. The van der Waals surface area contributed by atoms with Crippen LogP contribution in [0, 0.1) is 0 Å². The fraction of sp³-hybridized carbons (Fsp3) is 0.480. The van der Waals surface area contributed by atoms with Gasteiger partial charge in [0.2, 0.25) is 21.8 Å². The Hall–Kier alpha value is -2.49. The predicted molar refractivity (Wildman–Crippen MR) is 134 cm³/mol. The van der Waals surface area contributed by atoms with Crippen molar-refractivity contribution in [2.24, 2.45) is 0 Å². The maximum absolute atomic E-state index is 13.7. The lowest BCUT2D eigenvalue weighted by atomic mass is 10.1. The van der Waals surface area contributed by atoms with Crippen LogP contribution in [0.2, 0.25) is 5.02 Å². The molecular formula is C25H30ClN3O5S. The second-order valence-electron chi connectivity index (χ2n) is 9.14. The average Bonchev–Trinajstić information content (AvgIpc) is 3.51. The number of nitrogens with zero attached hydrogens (tertiary/aromatic N) is 3. The van der Waals surface area contributed by atoms with Crippen molar-refractivity contribution in [3.63, 3.8) is 0 Å². The highest BCUT2D eigenvalue weighted by molar-refractivity contribution is 7.89. The van der Waals surface area contributed by atoms with Crippen molar-refractivity contribution < 1.29 is 22.8 Å². The Morgan fingerprint density at radius 2 is 1.74 bits per heavy atom. The van der Waals surface area contributed by atoms with Gasteiger partial charge < -0.3 is 9.80 Å². The molecule has 2 fully saturated rings. The summed E-state index contributed by atoms with van der Waals surface area (Å²) in [5, 5.41) is 2.00. The van der Waals surface area contributed by atoms with Crippen molar-refractivity contribution in [1.82, 2.24) is 14.1 Å². The Kier molecular flexibility index (Phi) is 7.49. The number of rotatable bonds is 8. The number of amides is 2. The number of hydrogen-bond acceptors (Lipinski definition) is 5. The first-order valence-corrected chi connectivity index (χ1v) is 13.8. The van der Waals surface area contributed by atoms with Crippen LogP contribution in [-0.2, 0) is 24.4 Å². The number of carbonyl (C=O) groups is 3. The third kappa shape index (κ3) is 5.08. The molecule has 0 saturated carbocycles. The molecule has 2 amide bonds. The van der Waals surface area contributed by atoms with E-state index in [0.29, 0.717) is 23.5 Å². The van der Waals surface area contributed by atoms with Gasteiger partial charge in [-0.25, -0.2) is 8.42 Å². The summed E-state index contributed by atoms with van der Waals surface area (Å²) in [6.07, 6.45) is 2.25. The summed E-state index contributed by atoms with van der Waals surface area (Å²) in [6, 6.07) is 8.08. The summed E-state index contributed by atoms with van der Waals surface area (Å²) < 4.78 is 28.5. The van der Waals surface area contributed by atoms with Crippen LogP contribution in [0.5, 0.6) is 0 Å². The summed E-state index contributed by atoms with van der Waals surface area (Å²) in [7, 11) is -4.17. The van der Waals surface area contributed by atoms with Gasteiger partial charge in [-0.2, -0.15) is 4.31 Å². The van der Waals surface area contributed by atoms with Crippen molar-refractivity contribution in [3.05, 3.63) is 41.4 Å². The molecule has 0 bridgehead atoms. The summed E-state index contributed by atoms with van der Waals surface area (Å²) >= 11 is 6.04. The molecule has 2 aromatic carbocycles. The normalized spacial score (nSPS) is 19.7. The van der Waals surface area contributed by atoms with E-state index in [4.69, 9.17) is 11.6 Å². The molecule has 2 aliphatic heterocycles. The Morgan fingerprint density at radius 3 is 2.43 bits per heavy atom. The van der Waals surface area contributed by atoms with Gasteiger partial charge in [0.05, 0.1) is 11.4 Å². The molecule has 0 aliphatic carbocycles. The van der Waals surface area contributed by atoms with Crippen LogP contribution in [0.15, 0.2) is 41.3 Å². The van der Waals surface area contributed by atoms with E-state index in [1.807, 2.05) is 0 Å². The maximum Gasteiger partial charge on any atom is 0.245 e. The highest BCUT2D eigenvalue weighted by atomic mass is 35.5. The van der Waals surface area contributed by atoms with Gasteiger partial charge in [0.15, 0.2) is 0 Å². The first-order valence-electron chi connectivity index (χ1n) is 12.0. The summed E-state index contributed by atoms with van der Waals surface area (Å²) in [6.45, 7) is 4.56. The van der Waals surface area contributed by atoms with Gasteiger partial charge in [0.25, 0.3) is 0 Å². The molecule has 2 saturated heterocycles. The number of halogens is 1. The zero-order valence-corrected chi connectivity index (χ0v) is 21.5. The molecule has 2 heterocycles. The van der Waals surface area contributed by atoms with Gasteiger partial charge in [-0.1, -0.05) is 30.7 Å². The number of Topliss-reactive ketones (excluding diaryl/α,β-unsaturated/α-hetero) is 1. The standard InChI is InChI=1S/C25H30ClN3O5S/c1-3-21(30)16-29(35(33,34)22-9-7-18-14-20(26)8-6-19(18)15-22)23-10-13-28(25(23)32)17(2)24(31)27-11-4-5-12-27/h6-9,14-15,17,23H,3-5,10-13,16H2,1-2H3/t17-,23-/m0/s1. The van der Waals surface area contributed by atoms with E-state index in [2.05, 4.69) is 0 Å². The molecule has 2 atom stereocenters. The lowest BCUT2D eigenvalue weighted by Crippen LogP contribution is -2.51. The van der Waals surface area contributed by atoms with Crippen molar-refractivity contribution in [3.8, 4) is 0 Å². The van der Waals surface area contributed by atoms with Crippen molar-refractivity contribution >= 4 is 50.0 Å². The zero-order chi connectivity index (χ0) is 25.3. The third-order valence-corrected chi connectivity index (χ3v) is 8.99. The minimum atomic E-state index is -4.17. The second kappa shape index (κ2) is 10.2. The Bertz CT molecular complexity index is 1260. The average molecular weight is 520 g/mol. The van der Waals surface area contributed by atoms with E-state index < -0.39 is 34.6 Å². The molecule has 35 heavy (non-hydrogen) atoms. The minimum Gasteiger partial charge on any atom is -0.341 e. The van der Waals surface area contributed by atoms with Crippen LogP contribution >= 0.6 is 11.6 Å². The lowest BCUT2D eigenvalue weighted by Gasteiger charge is -2.30. The molecule has 0 unspecified atom stereocenters. The topological polar surface area (TPSA) is 95.1 Å². The molecule has 0 aromatic heterocycles. The molecule has 8 nitrogen and oxygen atoms in total. The van der Waals surface area contributed by atoms with Crippen LogP contribution in [0.4, 0.5) is 0 Å². The molecule has 188 valence electrons. The van der Waals surface area contributed by atoms with Crippen molar-refractivity contribution in [2.75, 3.05) is 26.2 Å². The lowest BCUT2D eigenvalue weighted by molar-refractivity contribution is -0.143. The third-order valence-electron chi connectivity index (χ3n) is 6.91. The van der Waals surface area contributed by atoms with E-state index in [1.54, 1.807) is 43.0 Å². The summed E-state index contributed by atoms with van der Waals surface area (Å²) in [5.41, 5.74) is 0. The van der Waals surface area contributed by atoms with Crippen LogP contribution in [0.25, 0.3) is 10.8 Å². The van der Waals surface area contributed by atoms with Gasteiger partial charge in [0.1, 0.15) is 17.9 Å². The van der Waals surface area contributed by atoms with Gasteiger partial charge >= 0.3 is 0 Å². The van der Waals surface area contributed by atoms with E-state index >= 15 is 0 Å². The van der Waals surface area contributed by atoms with Crippen LogP contribution < -0.4 is 0 Å². The summed E-state index contributed by atoms with van der Waals surface area (Å²) in [5.74, 6) is -0.845. The summed E-state index contributed by atoms with van der Waals surface area (Å²) in [4.78, 5) is 41.9. The highest BCUT2D eigenvalue weighted by Gasteiger charge is 2.45. The molecule has 0 spiro atoms. The predicted octanol–water partition coefficient (Wildman–Crippen LogP) is 3.07. The number of sulfonamides is 1. The van der Waals surface area contributed by atoms with Crippen molar-refractivity contribution in [1.29, 1.82) is 0 Å². The molecule has 0 radical (unpaired) electrons. The van der Waals surface area contributed by atoms with Crippen molar-refractivity contribution in [2.45, 2.75) is 56.5 Å². The number of likely N-dealkylation sites (tertiary alicyclic amines) is 2. The smallest absolute Gasteiger partial charge is 0.245 e. The van der Waals surface area contributed by atoms with Crippen LogP contribution in [0.1, 0.15) is 39.5 Å². The van der Waals surface area contributed by atoms with Gasteiger partial charge in [0, 0.05) is 31.1 Å². The van der Waals surface area contributed by atoms with E-state index in [1.165, 1.54) is 17.0 Å². The quantitative estimate of drug-likeness (QED) is 0.534. The maximum atomic E-state index is 13.7. The molecule has 4 rings (SSSR count). The molecule has 0 N–H and O–H groups in total. The van der Waals surface area contributed by atoms with Gasteiger partial charge in [-0.15, -0.1) is 0 Å². The van der Waals surface area contributed by atoms with Crippen LogP contribution in [0.3, 0.4) is 0 Å². The Labute approximate surface area is 210 Å². The minimum absolute atomic E-state index is 0.00340. The molecule has 2 aromatic rings. The number of benzene rings is 2. The first-order chi connectivity index (χ1) is 16.6. The Balaban J connectivity index is 1.64. The number of hydrogen-bond donors (Lipinski definition) is 0. The van der Waals surface area contributed by atoms with E-state index in [-0.39, 0.29) is 36.0 Å². The highest BCUT2D eigenvalue weighted by Crippen LogP contribution is 2.29. The Morgan fingerprint density at radius 1 is 1.09 bits per heavy atom. The van der Waals surface area contributed by atoms with E-state index in [0.717, 1.165) is 22.5 Å². The SMILES string of the molecule is CCC(=O)CN([C@H]1CCN([C@@H](C)C(=O)N2CCCC2)C1=O)S(=O)(=O)c1ccc2cc(Cl)ccc2c1. The number of ketones is 1. The van der Waals surface area contributed by atoms with Gasteiger partial charge in [-0.3, -0.25) is 14.4 Å². The first kappa shape index (κ1) is 25.6. The van der Waals surface area contributed by atoms with E-state index in [9.17, 15) is 22.8 Å². The molecule has 10 heteroatoms. The number of fused-ring (bicyclic) bond motifs is 1. The molecule has 2 aliphatic rings.